The van der Waals surface area contributed by atoms with E-state index in [0.29, 0.717) is 28.6 Å². The van der Waals surface area contributed by atoms with Crippen LogP contribution in [0.2, 0.25) is 0 Å². The molecular formula is C41H66N6O8. The number of fused-ring (bicyclic) bond motifs is 1. The van der Waals surface area contributed by atoms with Crippen LogP contribution in [0.1, 0.15) is 166 Å². The molecule has 0 radical (unpaired) electrons. The number of hydrogen-bond donors (Lipinski definition) is 7. The number of aromatic amines is 1. The molecular weight excluding hydrogens is 704 g/mol. The zero-order valence-electron chi connectivity index (χ0n) is 33.6. The highest BCUT2D eigenvalue weighted by atomic mass is 16.6. The molecule has 0 spiro atoms. The van der Waals surface area contributed by atoms with Crippen molar-refractivity contribution in [3.63, 3.8) is 0 Å². The van der Waals surface area contributed by atoms with Gasteiger partial charge in [-0.2, -0.15) is 0 Å². The van der Waals surface area contributed by atoms with Crippen molar-refractivity contribution in [2.75, 3.05) is 0 Å². The maximum atomic E-state index is 13.0. The van der Waals surface area contributed by atoms with E-state index in [2.05, 4.69) is 25.6 Å². The molecule has 2 aromatic heterocycles. The van der Waals surface area contributed by atoms with Gasteiger partial charge in [-0.15, -0.1) is 0 Å². The number of ether oxygens (including phenoxy) is 1. The van der Waals surface area contributed by atoms with E-state index < -0.39 is 41.3 Å². The maximum absolute atomic E-state index is 13.0. The molecule has 14 heteroatoms. The fourth-order valence-corrected chi connectivity index (χ4v) is 8.19. The summed E-state index contributed by atoms with van der Waals surface area (Å²) in [6, 6.07) is -1.73. The summed E-state index contributed by atoms with van der Waals surface area (Å²) in [5.41, 5.74) is 6.67. The van der Waals surface area contributed by atoms with Crippen LogP contribution in [0.4, 0.5) is 4.79 Å². The van der Waals surface area contributed by atoms with E-state index >= 15 is 0 Å². The Kier molecular flexibility index (Phi) is 15.9. The molecule has 4 aliphatic rings. The highest BCUT2D eigenvalue weighted by molar-refractivity contribution is 6.04. The molecule has 0 aromatic carbocycles. The number of alkyl carbamates (subject to hydrolysis) is 1. The van der Waals surface area contributed by atoms with E-state index in [1.165, 1.54) is 12.8 Å². The number of carboxylic acid groups (broad SMARTS) is 2. The van der Waals surface area contributed by atoms with Gasteiger partial charge in [0, 0.05) is 12.1 Å². The minimum Gasteiger partial charge on any atom is -0.480 e. The average Bonchev–Trinajstić information content (AvgIpc) is 3.91. The molecule has 4 aliphatic carbocycles. The molecule has 4 saturated carbocycles. The number of nitrogens with one attached hydrogen (secondary N) is 3. The Bertz CT molecular complexity index is 1560. The number of aromatic nitrogens is 3. The zero-order chi connectivity index (χ0) is 40.3. The van der Waals surface area contributed by atoms with E-state index in [-0.39, 0.29) is 23.8 Å². The van der Waals surface area contributed by atoms with Crippen molar-refractivity contribution >= 4 is 35.1 Å². The quantitative estimate of drug-likeness (QED) is 0.133. The molecule has 6 rings (SSSR count). The molecule has 8 N–H and O–H groups in total. The van der Waals surface area contributed by atoms with Crippen molar-refractivity contribution in [1.82, 2.24) is 25.6 Å². The van der Waals surface area contributed by atoms with Crippen LogP contribution in [0.3, 0.4) is 0 Å². The van der Waals surface area contributed by atoms with Gasteiger partial charge >= 0.3 is 18.0 Å². The molecule has 14 nitrogen and oxygen atoms in total. The number of nitrogens with two attached hydrogens (primary N) is 1. The van der Waals surface area contributed by atoms with E-state index in [0.717, 1.165) is 102 Å². The normalized spacial score (nSPS) is 20.4. The molecule has 0 bridgehead atoms. The van der Waals surface area contributed by atoms with Crippen molar-refractivity contribution < 1.29 is 39.2 Å². The van der Waals surface area contributed by atoms with Crippen molar-refractivity contribution in [2.24, 2.45) is 23.5 Å². The molecule has 0 unspecified atom stereocenters. The van der Waals surface area contributed by atoms with Crippen LogP contribution < -0.4 is 16.4 Å². The van der Waals surface area contributed by atoms with Crippen LogP contribution in [0.25, 0.3) is 11.2 Å². The fraction of sp³-hybridized carbons (Fsp3) is 0.756. The lowest BCUT2D eigenvalue weighted by atomic mass is 9.77. The van der Waals surface area contributed by atoms with Crippen molar-refractivity contribution in [3.8, 4) is 0 Å². The smallest absolute Gasteiger partial charge is 0.408 e. The molecule has 2 aromatic rings. The number of carboxylic acids is 2. The second-order valence-electron chi connectivity index (χ2n) is 17.6. The highest BCUT2D eigenvalue weighted by Gasteiger charge is 2.37. The summed E-state index contributed by atoms with van der Waals surface area (Å²) in [7, 11) is 0. The van der Waals surface area contributed by atoms with Gasteiger partial charge < -0.3 is 41.4 Å². The van der Waals surface area contributed by atoms with Gasteiger partial charge in [0.15, 0.2) is 5.65 Å². The lowest BCUT2D eigenvalue weighted by Crippen LogP contribution is -2.53. The monoisotopic (exact) mass is 770 g/mol. The van der Waals surface area contributed by atoms with Gasteiger partial charge in [-0.3, -0.25) is 9.59 Å². The van der Waals surface area contributed by atoms with Crippen molar-refractivity contribution in [2.45, 2.75) is 179 Å². The molecule has 4 fully saturated rings. The Balaban J connectivity index is 0.000000201. The Morgan fingerprint density at radius 3 is 1.78 bits per heavy atom. The summed E-state index contributed by atoms with van der Waals surface area (Å²) in [4.78, 5) is 58.5. The lowest BCUT2D eigenvalue weighted by Gasteiger charge is -2.38. The summed E-state index contributed by atoms with van der Waals surface area (Å²) >= 11 is 0. The third-order valence-corrected chi connectivity index (χ3v) is 11.3. The third kappa shape index (κ3) is 13.7. The van der Waals surface area contributed by atoms with Gasteiger partial charge in [-0.25, -0.2) is 19.6 Å². The largest absolute Gasteiger partial charge is 0.480 e. The van der Waals surface area contributed by atoms with Crippen LogP contribution in [0.5, 0.6) is 0 Å². The Morgan fingerprint density at radius 1 is 0.782 bits per heavy atom. The van der Waals surface area contributed by atoms with Crippen molar-refractivity contribution in [3.05, 3.63) is 23.7 Å². The number of rotatable bonds is 10. The first kappa shape index (κ1) is 43.9. The molecule has 2 heterocycles. The zero-order valence-corrected chi connectivity index (χ0v) is 33.6. The number of nitrogens with zero attached hydrogens (tertiary/aromatic N) is 2. The topological polar surface area (TPSA) is 230 Å². The van der Waals surface area contributed by atoms with Gasteiger partial charge in [-0.05, 0) is 104 Å². The molecule has 3 atom stereocenters. The number of aliphatic hydroxyl groups is 1. The Hall–Kier alpha value is -3.78. The summed E-state index contributed by atoms with van der Waals surface area (Å²) in [6.45, 7) is 8.83. The van der Waals surface area contributed by atoms with Crippen LogP contribution >= 0.6 is 0 Å². The first-order valence-corrected chi connectivity index (χ1v) is 20.5. The number of H-pyrrole nitrogens is 1. The lowest BCUT2D eigenvalue weighted by molar-refractivity contribution is -0.141. The minimum absolute atomic E-state index is 0.0174. The van der Waals surface area contributed by atoms with Gasteiger partial charge in [0.2, 0.25) is 0 Å². The first-order valence-electron chi connectivity index (χ1n) is 20.5. The minimum atomic E-state index is -0.979. The number of aliphatic carboxylic acids is 2. The number of carbonyl (C=O) groups is 4. The molecule has 55 heavy (non-hydrogen) atoms. The predicted molar refractivity (Wildman–Crippen MR) is 210 cm³/mol. The van der Waals surface area contributed by atoms with Crippen molar-refractivity contribution in [1.29, 1.82) is 0 Å². The van der Waals surface area contributed by atoms with Gasteiger partial charge in [0.05, 0.1) is 29.1 Å². The third-order valence-electron chi connectivity index (χ3n) is 11.3. The molecule has 0 saturated heterocycles. The first-order chi connectivity index (χ1) is 25.9. The van der Waals surface area contributed by atoms with Crippen LogP contribution in [0.15, 0.2) is 12.4 Å². The number of amides is 2. The second kappa shape index (κ2) is 19.9. The average molecular weight is 771 g/mol. The number of carbonyl (C=O) groups excluding carboxylic acids is 2. The summed E-state index contributed by atoms with van der Waals surface area (Å²) < 4.78 is 5.10. The fourth-order valence-electron chi connectivity index (χ4n) is 8.19. The van der Waals surface area contributed by atoms with E-state index in [9.17, 15) is 29.4 Å². The van der Waals surface area contributed by atoms with Gasteiger partial charge in [-0.1, -0.05) is 57.8 Å². The van der Waals surface area contributed by atoms with E-state index in [4.69, 9.17) is 15.6 Å². The standard InChI is InChI=1S/C20H28N4O2.C13H23NO4.C8H15NO2/c1-20(2,26)17(13-6-4-3-5-7-13)24-19(25)14-10-21-18-16(14)23-15(11-22-18)12-8-9-12;1-13(2,3)18-12(17)14-10(11(15)16)9-7-5-4-6-8-9;9-7(8(10)11)6-4-2-1-3-5-6/h10-13,17,26H,3-9H2,1-2H3,(H,21,22)(H,24,25);9-10H,4-8H2,1-3H3,(H,14,17)(H,15,16);6-7H,1-5,9H2,(H,10,11)/t17-;10-;7-/m000/s1. The maximum Gasteiger partial charge on any atom is 0.408 e. The Labute approximate surface area is 325 Å². The highest BCUT2D eigenvalue weighted by Crippen LogP contribution is 2.39. The summed E-state index contributed by atoms with van der Waals surface area (Å²) in [5.74, 6) is -0.971. The SMILES string of the molecule is CC(C)(C)OC(=O)N[C@H](C(=O)O)C1CCCCC1.CC(C)(O)[C@@H](NC(=O)c1c[nH]c2ncc(C3CC3)nc12)C1CCCCC1.N[C@H](C(=O)O)C1CCCCC1. The molecule has 308 valence electrons. The van der Waals surface area contributed by atoms with Crippen LogP contribution in [-0.2, 0) is 14.3 Å². The van der Waals surface area contributed by atoms with E-state index in [1.54, 1.807) is 47.0 Å². The number of hydrogen-bond acceptors (Lipinski definition) is 9. The van der Waals surface area contributed by atoms with Gasteiger partial charge in [0.25, 0.3) is 5.91 Å². The summed E-state index contributed by atoms with van der Waals surface area (Å²) in [5, 5.41) is 34.1. The molecule has 0 aliphatic heterocycles. The van der Waals surface area contributed by atoms with Gasteiger partial charge in [0.1, 0.15) is 23.2 Å². The summed E-state index contributed by atoms with van der Waals surface area (Å²) in [6.07, 6.45) is 21.2. The van der Waals surface area contributed by atoms with E-state index in [1.807, 2.05) is 0 Å². The predicted octanol–water partition coefficient (Wildman–Crippen LogP) is 6.81. The van der Waals surface area contributed by atoms with Crippen LogP contribution in [-0.4, -0.2) is 83.5 Å². The van der Waals surface area contributed by atoms with Crippen LogP contribution in [0, 0.1) is 17.8 Å². The molecule has 2 amide bonds. The Morgan fingerprint density at radius 2 is 1.31 bits per heavy atom. The second-order valence-corrected chi connectivity index (χ2v) is 17.6.